The highest BCUT2D eigenvalue weighted by atomic mass is 35.5. The van der Waals surface area contributed by atoms with Crippen molar-refractivity contribution in [3.8, 4) is 17.2 Å². The van der Waals surface area contributed by atoms with Crippen LogP contribution in [-0.2, 0) is 26.3 Å². The summed E-state index contributed by atoms with van der Waals surface area (Å²) < 4.78 is 65.4. The number of pyridine rings is 1. The molecule has 18 heteroatoms. The van der Waals surface area contributed by atoms with Crippen molar-refractivity contribution in [1.82, 2.24) is 19.6 Å². The summed E-state index contributed by atoms with van der Waals surface area (Å²) in [6.45, 7) is 8.39. The summed E-state index contributed by atoms with van der Waals surface area (Å²) in [5, 5.41) is 13.6. The minimum Gasteiger partial charge on any atom is -0.493 e. The Bertz CT molecular complexity index is 2820. The molecule has 1 fully saturated rings. The van der Waals surface area contributed by atoms with E-state index in [1.807, 2.05) is 18.2 Å². The molecule has 326 valence electrons. The number of sulfone groups is 1. The average Bonchev–Trinajstić information content (AvgIpc) is 3.69. The maximum Gasteiger partial charge on any atom is 0.277 e. The summed E-state index contributed by atoms with van der Waals surface area (Å²) in [4.78, 5) is 36.9. The maximum absolute atomic E-state index is 14.0. The number of halogens is 1. The van der Waals surface area contributed by atoms with Crippen molar-refractivity contribution in [2.75, 3.05) is 56.2 Å². The number of H-pyrrole nitrogens is 1. The van der Waals surface area contributed by atoms with E-state index in [2.05, 4.69) is 50.5 Å². The number of nitro benzene ring substituents is 1. The highest BCUT2D eigenvalue weighted by Crippen LogP contribution is 2.44. The van der Waals surface area contributed by atoms with Crippen LogP contribution in [-0.4, -0.2) is 93.9 Å². The number of carbonyl (C=O) groups excluding carboxylic acids is 1. The molecule has 0 unspecified atom stereocenters. The second-order valence-corrected chi connectivity index (χ2v) is 21.5. The Morgan fingerprint density at radius 1 is 1.05 bits per heavy atom. The molecule has 2 aliphatic heterocycles. The van der Waals surface area contributed by atoms with Crippen molar-refractivity contribution in [2.45, 2.75) is 44.4 Å². The predicted molar refractivity (Wildman–Crippen MR) is 237 cm³/mol. The van der Waals surface area contributed by atoms with Crippen LogP contribution in [0.1, 0.15) is 54.6 Å². The van der Waals surface area contributed by atoms with Gasteiger partial charge >= 0.3 is 0 Å². The van der Waals surface area contributed by atoms with E-state index < -0.39 is 47.2 Å². The smallest absolute Gasteiger partial charge is 0.277 e. The van der Waals surface area contributed by atoms with Crippen molar-refractivity contribution in [1.29, 1.82) is 0 Å². The van der Waals surface area contributed by atoms with E-state index in [0.717, 1.165) is 68.4 Å². The zero-order valence-electron chi connectivity index (χ0n) is 34.5. The molecule has 1 amide bonds. The summed E-state index contributed by atoms with van der Waals surface area (Å²) in [5.41, 5.74) is 5.09. The Labute approximate surface area is 365 Å². The Hall–Kier alpha value is -5.49. The van der Waals surface area contributed by atoms with E-state index in [1.54, 1.807) is 24.4 Å². The first-order valence-corrected chi connectivity index (χ1v) is 24.2. The highest BCUT2D eigenvalue weighted by molar-refractivity contribution is 7.90. The third-order valence-electron chi connectivity index (χ3n) is 11.7. The molecule has 0 spiro atoms. The van der Waals surface area contributed by atoms with Gasteiger partial charge in [0.1, 0.15) is 32.7 Å². The van der Waals surface area contributed by atoms with Crippen LogP contribution in [0.4, 0.5) is 11.4 Å². The van der Waals surface area contributed by atoms with Crippen LogP contribution in [0.5, 0.6) is 17.2 Å². The number of fused-ring (bicyclic) bond motifs is 2. The van der Waals surface area contributed by atoms with Gasteiger partial charge in [-0.15, -0.1) is 0 Å². The first-order valence-electron chi connectivity index (χ1n) is 20.3. The molecule has 4 heterocycles. The molecule has 1 atom stereocenters. The Kier molecular flexibility index (Phi) is 11.8. The number of nitrogens with one attached hydrogen (secondary N) is 2. The normalized spacial score (nSPS) is 18.3. The third-order valence-corrected chi connectivity index (χ3v) is 14.4. The standard InChI is InChI=1S/C44H47ClN6O9S2/c1-44(2)12-10-31(38(23-44)29-4-6-32(45)7-5-29)25-49-14-16-50(17-15-49)33-8-9-36(41(20-33)60-34-19-30-11-13-46-42(30)47-24-34)43(52)48-62(57,58)35-21-39(51(53)54)37-18-28(27-61(3,55)56)26-59-40(37)22-35/h4-9,11,13,19-22,24,28H,10,12,14-18,23,25-27H2,1-3H3,(H,46,47)(H,48,52)/t28-/m1/s1. The van der Waals surface area contributed by atoms with Crippen molar-refractivity contribution >= 4 is 65.3 Å². The number of benzene rings is 3. The summed E-state index contributed by atoms with van der Waals surface area (Å²) >= 11 is 6.23. The lowest BCUT2D eigenvalue weighted by atomic mass is 9.72. The molecule has 2 N–H and O–H groups in total. The maximum atomic E-state index is 14.0. The number of sulfonamides is 1. The lowest BCUT2D eigenvalue weighted by Crippen LogP contribution is -2.47. The van der Waals surface area contributed by atoms with Crippen molar-refractivity contribution < 1.29 is 36.0 Å². The fourth-order valence-electron chi connectivity index (χ4n) is 8.56. The molecule has 0 bridgehead atoms. The average molecular weight is 903 g/mol. The zero-order valence-corrected chi connectivity index (χ0v) is 36.9. The molecule has 1 saturated heterocycles. The van der Waals surface area contributed by atoms with E-state index in [9.17, 15) is 31.7 Å². The van der Waals surface area contributed by atoms with Gasteiger partial charge in [-0.25, -0.2) is 26.5 Å². The van der Waals surface area contributed by atoms with Gasteiger partial charge in [-0.2, -0.15) is 0 Å². The SMILES string of the molecule is CC1(C)CCC(CN2CCN(c3ccc(C(=O)NS(=O)(=O)c4cc5c(c([N+](=O)[O-])c4)C[C@@H](CS(C)(=O)=O)CO5)c(Oc4cnc5[nH]ccc5c4)c3)CC2)=C(c2ccc(Cl)cc2)C1. The van der Waals surface area contributed by atoms with Crippen LogP contribution in [0, 0.1) is 21.4 Å². The number of nitrogens with zero attached hydrogens (tertiary/aromatic N) is 4. The van der Waals surface area contributed by atoms with Crippen LogP contribution in [0.25, 0.3) is 16.6 Å². The lowest BCUT2D eigenvalue weighted by molar-refractivity contribution is -0.386. The number of carbonyl (C=O) groups is 1. The van der Waals surface area contributed by atoms with Crippen LogP contribution in [0.3, 0.4) is 0 Å². The van der Waals surface area contributed by atoms with Crippen molar-refractivity contribution in [3.05, 3.63) is 117 Å². The Morgan fingerprint density at radius 2 is 1.81 bits per heavy atom. The third kappa shape index (κ3) is 9.75. The van der Waals surface area contributed by atoms with Crippen molar-refractivity contribution in [3.63, 3.8) is 0 Å². The van der Waals surface area contributed by atoms with E-state index in [1.165, 1.54) is 29.0 Å². The summed E-state index contributed by atoms with van der Waals surface area (Å²) in [5.74, 6) is -1.52. The zero-order chi connectivity index (χ0) is 44.0. The van der Waals surface area contributed by atoms with E-state index in [4.69, 9.17) is 21.1 Å². The largest absolute Gasteiger partial charge is 0.493 e. The number of aromatic amines is 1. The number of allylic oxidation sites excluding steroid dienone is 1. The molecular weight excluding hydrogens is 856 g/mol. The highest BCUT2D eigenvalue weighted by Gasteiger charge is 2.34. The first-order chi connectivity index (χ1) is 29.4. The monoisotopic (exact) mass is 902 g/mol. The fraction of sp³-hybridized carbons (Fsp3) is 0.364. The van der Waals surface area contributed by atoms with Crippen molar-refractivity contribution in [2.24, 2.45) is 11.3 Å². The van der Waals surface area contributed by atoms with Crippen LogP contribution >= 0.6 is 11.6 Å². The first kappa shape index (κ1) is 43.2. The molecule has 15 nitrogen and oxygen atoms in total. The number of anilines is 1. The van der Waals surface area contributed by atoms with Gasteiger partial charge in [0.2, 0.25) is 0 Å². The molecule has 0 saturated carbocycles. The van der Waals surface area contributed by atoms with Gasteiger partial charge in [-0.3, -0.25) is 19.8 Å². The van der Waals surface area contributed by atoms with Gasteiger partial charge in [0.25, 0.3) is 21.6 Å². The number of hydrogen-bond acceptors (Lipinski definition) is 12. The molecule has 8 rings (SSSR count). The lowest BCUT2D eigenvalue weighted by Gasteiger charge is -2.39. The van der Waals surface area contributed by atoms with Gasteiger partial charge in [0.05, 0.1) is 39.5 Å². The van der Waals surface area contributed by atoms with E-state index in [-0.39, 0.29) is 46.8 Å². The summed E-state index contributed by atoms with van der Waals surface area (Å²) in [7, 11) is -8.12. The second-order valence-electron chi connectivity index (χ2n) is 17.1. The van der Waals surface area contributed by atoms with Gasteiger partial charge in [-0.05, 0) is 78.6 Å². The molecule has 5 aromatic rings. The summed E-state index contributed by atoms with van der Waals surface area (Å²) in [6.07, 6.45) is 7.44. The van der Waals surface area contributed by atoms with Crippen LogP contribution in [0.15, 0.2) is 89.6 Å². The molecule has 3 aromatic carbocycles. The number of amides is 1. The Morgan fingerprint density at radius 3 is 2.53 bits per heavy atom. The molecule has 1 aliphatic carbocycles. The number of aromatic nitrogens is 2. The van der Waals surface area contributed by atoms with E-state index in [0.29, 0.717) is 29.5 Å². The van der Waals surface area contributed by atoms with Gasteiger partial charge in [0, 0.05) is 85.4 Å². The fourth-order valence-corrected chi connectivity index (χ4v) is 10.8. The van der Waals surface area contributed by atoms with Gasteiger partial charge < -0.3 is 19.4 Å². The van der Waals surface area contributed by atoms with Crippen LogP contribution in [0.2, 0.25) is 5.02 Å². The van der Waals surface area contributed by atoms with Crippen LogP contribution < -0.4 is 19.1 Å². The Balaban J connectivity index is 1.03. The molecule has 3 aliphatic rings. The number of nitro groups is 1. The minimum atomic E-state index is -4.71. The molecular formula is C44H47ClN6O9S2. The minimum absolute atomic E-state index is 0.00126. The molecule has 62 heavy (non-hydrogen) atoms. The number of rotatable bonds is 12. The number of ether oxygens (including phenoxy) is 2. The number of piperazine rings is 1. The number of hydrogen-bond donors (Lipinski definition) is 2. The predicted octanol–water partition coefficient (Wildman–Crippen LogP) is 7.42. The quantitative estimate of drug-likeness (QED) is 0.0931. The van der Waals surface area contributed by atoms with E-state index >= 15 is 0 Å². The second kappa shape index (κ2) is 17.0. The molecule has 2 aromatic heterocycles. The molecule has 0 radical (unpaired) electrons. The van der Waals surface area contributed by atoms with Gasteiger partial charge in [0.15, 0.2) is 0 Å². The topological polar surface area (TPSA) is 194 Å². The van der Waals surface area contributed by atoms with Gasteiger partial charge in [-0.1, -0.05) is 43.2 Å². The summed E-state index contributed by atoms with van der Waals surface area (Å²) in [6, 6.07) is 18.6.